The summed E-state index contributed by atoms with van der Waals surface area (Å²) in [5, 5.41) is 9.76. The SMILES string of the molecule is Cc1cc2cc(n1)-c1cnn(C)c1OCCC[C@@H](C)Cn1c(nc3ccc(CN4CCC5(CCN(CCc6cc(F)c([C@H]7CCC(=O)NC7=O)c(F)c6)CC5)CC4)cc31)NC2=O. The molecule has 3 amide bonds. The third-order valence-electron chi connectivity index (χ3n) is 13.7. The van der Waals surface area contributed by atoms with Gasteiger partial charge in [0.15, 0.2) is 0 Å². The number of carbonyl (C=O) groups excluding carboxylic acids is 3. The van der Waals surface area contributed by atoms with Crippen LogP contribution in [0, 0.1) is 29.9 Å². The van der Waals surface area contributed by atoms with E-state index >= 15 is 8.78 Å². The maximum absolute atomic E-state index is 15.1. The van der Waals surface area contributed by atoms with Gasteiger partial charge in [-0.15, -0.1) is 0 Å². The van der Waals surface area contributed by atoms with Gasteiger partial charge in [-0.3, -0.25) is 34.9 Å². The standard InChI is InChI=1S/C47H55F2N9O4/c1-29-5-4-20-62-45-35(26-50-55(45)3)39-25-33(21-30(2)51-39)43(60)54-46-52-38-8-6-32(24-40(38)58(46)27-29)28-57-18-13-47(14-19-57)11-16-56(17-12-47)15-10-31-22-36(48)42(37(49)23-31)34-7-9-41(59)53-44(34)61/h6,8,21-26,29,34H,4-5,7,9-20,27-28H2,1-3H3,(H,52,54,60)(H,53,59,61)/t29-,34-/m1/s1. The summed E-state index contributed by atoms with van der Waals surface area (Å²) in [6, 6.07) is 12.7. The zero-order valence-corrected chi connectivity index (χ0v) is 35.8. The number of imide groups is 1. The van der Waals surface area contributed by atoms with Crippen molar-refractivity contribution in [1.82, 2.24) is 39.4 Å². The van der Waals surface area contributed by atoms with Gasteiger partial charge in [0.05, 0.1) is 41.0 Å². The maximum Gasteiger partial charge on any atom is 0.258 e. The van der Waals surface area contributed by atoms with Gasteiger partial charge in [0.2, 0.25) is 23.6 Å². The van der Waals surface area contributed by atoms with E-state index in [9.17, 15) is 14.4 Å². The van der Waals surface area contributed by atoms with Crippen molar-refractivity contribution in [3.63, 3.8) is 0 Å². The molecule has 1 spiro atoms. The van der Waals surface area contributed by atoms with E-state index in [1.807, 2.05) is 14.0 Å². The predicted octanol–water partition coefficient (Wildman–Crippen LogP) is 6.92. The summed E-state index contributed by atoms with van der Waals surface area (Å²) >= 11 is 0. The van der Waals surface area contributed by atoms with Crippen molar-refractivity contribution in [3.05, 3.63) is 88.2 Å². The van der Waals surface area contributed by atoms with Crippen LogP contribution >= 0.6 is 0 Å². The zero-order valence-electron chi connectivity index (χ0n) is 35.8. The number of benzene rings is 2. The monoisotopic (exact) mass is 847 g/mol. The Balaban J connectivity index is 0.823. The van der Waals surface area contributed by atoms with Gasteiger partial charge in [-0.2, -0.15) is 5.10 Å². The smallest absolute Gasteiger partial charge is 0.258 e. The van der Waals surface area contributed by atoms with Crippen LogP contribution in [-0.4, -0.2) is 91.2 Å². The summed E-state index contributed by atoms with van der Waals surface area (Å²) in [5.41, 5.74) is 6.29. The first-order chi connectivity index (χ1) is 29.9. The molecule has 62 heavy (non-hydrogen) atoms. The summed E-state index contributed by atoms with van der Waals surface area (Å²) in [7, 11) is 1.85. The Kier molecular flexibility index (Phi) is 11.7. The number of nitrogens with zero attached hydrogens (tertiary/aromatic N) is 7. The number of anilines is 1. The number of piperidine rings is 3. The minimum absolute atomic E-state index is 0.0699. The highest BCUT2D eigenvalue weighted by Crippen LogP contribution is 2.42. The van der Waals surface area contributed by atoms with Crippen LogP contribution in [-0.2, 0) is 36.1 Å². The molecule has 3 fully saturated rings. The van der Waals surface area contributed by atoms with E-state index in [1.54, 1.807) is 23.0 Å². The van der Waals surface area contributed by atoms with Gasteiger partial charge in [0, 0.05) is 49.9 Å². The van der Waals surface area contributed by atoms with Gasteiger partial charge >= 0.3 is 0 Å². The average molecular weight is 848 g/mol. The van der Waals surface area contributed by atoms with Crippen LogP contribution in [0.1, 0.15) is 97.0 Å². The largest absolute Gasteiger partial charge is 0.477 e. The quantitative estimate of drug-likeness (QED) is 0.175. The van der Waals surface area contributed by atoms with E-state index in [1.165, 1.54) is 17.7 Å². The molecule has 2 atom stereocenters. The van der Waals surface area contributed by atoms with E-state index in [-0.39, 0.29) is 24.3 Å². The molecule has 2 bridgehead atoms. The molecule has 0 aliphatic carbocycles. The first-order valence-corrected chi connectivity index (χ1v) is 22.1. The highest BCUT2D eigenvalue weighted by atomic mass is 19.1. The van der Waals surface area contributed by atoms with Gasteiger partial charge in [0.1, 0.15) is 11.6 Å². The lowest BCUT2D eigenvalue weighted by Crippen LogP contribution is -2.47. The number of imidazole rings is 1. The fraction of sp³-hybridized carbons (Fsp3) is 0.489. The number of amides is 3. The summed E-state index contributed by atoms with van der Waals surface area (Å²) in [6.07, 6.45) is 8.70. The van der Waals surface area contributed by atoms with Crippen LogP contribution in [0.2, 0.25) is 0 Å². The number of nitrogens with one attached hydrogen (secondary N) is 2. The molecule has 13 nitrogen and oxygen atoms in total. The normalized spacial score (nSPS) is 21.4. The summed E-state index contributed by atoms with van der Waals surface area (Å²) in [6.45, 7) is 10.8. The molecule has 4 aliphatic rings. The number of halogens is 2. The molecule has 7 heterocycles. The molecule has 4 aliphatic heterocycles. The van der Waals surface area contributed by atoms with Gasteiger partial charge in [-0.25, -0.2) is 18.4 Å². The van der Waals surface area contributed by atoms with Crippen molar-refractivity contribution < 1.29 is 27.9 Å². The molecule has 5 aromatic rings. The minimum atomic E-state index is -0.988. The van der Waals surface area contributed by atoms with Crippen molar-refractivity contribution >= 4 is 34.7 Å². The van der Waals surface area contributed by atoms with Crippen LogP contribution in [0.15, 0.2) is 48.7 Å². The Morgan fingerprint density at radius 1 is 0.887 bits per heavy atom. The van der Waals surface area contributed by atoms with Gasteiger partial charge in [0.25, 0.3) is 5.91 Å². The average Bonchev–Trinajstić information content (AvgIpc) is 3.78. The van der Waals surface area contributed by atoms with Crippen molar-refractivity contribution in [3.8, 4) is 17.1 Å². The van der Waals surface area contributed by atoms with Crippen molar-refractivity contribution in [2.45, 2.75) is 90.6 Å². The summed E-state index contributed by atoms with van der Waals surface area (Å²) in [5.74, 6) is -2.27. The number of hydrogen-bond donors (Lipinski definition) is 2. The van der Waals surface area contributed by atoms with Crippen LogP contribution in [0.5, 0.6) is 5.88 Å². The Bertz CT molecular complexity index is 2490. The molecular weight excluding hydrogens is 793 g/mol. The minimum Gasteiger partial charge on any atom is -0.477 e. The van der Waals surface area contributed by atoms with Gasteiger partial charge in [-0.1, -0.05) is 13.0 Å². The fourth-order valence-electron chi connectivity index (χ4n) is 10.00. The number of hydrogen-bond acceptors (Lipinski definition) is 9. The molecule has 0 radical (unpaired) electrons. The highest BCUT2D eigenvalue weighted by Gasteiger charge is 2.38. The number of aryl methyl sites for hydroxylation is 2. The van der Waals surface area contributed by atoms with E-state index in [4.69, 9.17) is 14.7 Å². The number of pyridine rings is 1. The molecule has 2 aromatic carbocycles. The van der Waals surface area contributed by atoms with Crippen LogP contribution in [0.25, 0.3) is 22.3 Å². The van der Waals surface area contributed by atoms with Crippen molar-refractivity contribution in [2.24, 2.45) is 18.4 Å². The molecule has 15 heteroatoms. The second-order valence-electron chi connectivity index (χ2n) is 18.1. The first kappa shape index (κ1) is 41.8. The molecular formula is C47H55F2N9O4. The Morgan fingerprint density at radius 2 is 1.63 bits per heavy atom. The Hall–Kier alpha value is -5.54. The molecule has 2 N–H and O–H groups in total. The third-order valence-corrected chi connectivity index (χ3v) is 13.7. The Labute approximate surface area is 360 Å². The van der Waals surface area contributed by atoms with Crippen molar-refractivity contribution in [1.29, 1.82) is 0 Å². The molecule has 0 unspecified atom stereocenters. The van der Waals surface area contributed by atoms with Crippen LogP contribution < -0.4 is 15.4 Å². The van der Waals surface area contributed by atoms with Crippen LogP contribution in [0.3, 0.4) is 0 Å². The van der Waals surface area contributed by atoms with Crippen molar-refractivity contribution in [2.75, 3.05) is 44.6 Å². The fourth-order valence-corrected chi connectivity index (χ4v) is 10.00. The number of ether oxygens (including phenoxy) is 1. The molecule has 326 valence electrons. The van der Waals surface area contributed by atoms with Gasteiger partial charge in [-0.05, 0) is 143 Å². The van der Waals surface area contributed by atoms with Crippen LogP contribution in [0.4, 0.5) is 14.7 Å². The molecule has 9 rings (SSSR count). The maximum atomic E-state index is 15.1. The lowest BCUT2D eigenvalue weighted by molar-refractivity contribution is -0.134. The number of aromatic nitrogens is 5. The zero-order chi connectivity index (χ0) is 43.1. The molecule has 0 saturated carbocycles. The lowest BCUT2D eigenvalue weighted by Gasteiger charge is -2.47. The third kappa shape index (κ3) is 8.74. The van der Waals surface area contributed by atoms with E-state index in [0.717, 1.165) is 93.5 Å². The topological polar surface area (TPSA) is 140 Å². The van der Waals surface area contributed by atoms with E-state index in [0.29, 0.717) is 66.1 Å². The Morgan fingerprint density at radius 3 is 2.37 bits per heavy atom. The number of likely N-dealkylation sites (tertiary alicyclic amines) is 2. The number of carbonyl (C=O) groups is 3. The number of fused-ring (bicyclic) bond motifs is 7. The second-order valence-corrected chi connectivity index (χ2v) is 18.1. The predicted molar refractivity (Wildman–Crippen MR) is 231 cm³/mol. The first-order valence-electron chi connectivity index (χ1n) is 22.1. The summed E-state index contributed by atoms with van der Waals surface area (Å²) in [4.78, 5) is 52.3. The second kappa shape index (κ2) is 17.3. The molecule has 3 saturated heterocycles. The summed E-state index contributed by atoms with van der Waals surface area (Å²) < 4.78 is 40.4. The van der Waals surface area contributed by atoms with E-state index in [2.05, 4.69) is 55.2 Å². The lowest BCUT2D eigenvalue weighted by atomic mass is 9.71. The number of rotatable bonds is 6. The highest BCUT2D eigenvalue weighted by molar-refractivity contribution is 6.05. The van der Waals surface area contributed by atoms with Gasteiger partial charge < -0.3 is 14.2 Å². The molecule has 3 aromatic heterocycles. The van der Waals surface area contributed by atoms with E-state index < -0.39 is 29.4 Å².